The molecule has 0 spiro atoms. The average molecular weight is 362 g/mol. The van der Waals surface area contributed by atoms with Crippen LogP contribution in [0.25, 0.3) is 6.08 Å². The fourth-order valence-corrected chi connectivity index (χ4v) is 2.69. The van der Waals surface area contributed by atoms with Gasteiger partial charge in [-0.2, -0.15) is 0 Å². The maximum absolute atomic E-state index is 12.5. The zero-order valence-corrected chi connectivity index (χ0v) is 15.4. The van der Waals surface area contributed by atoms with Gasteiger partial charge in [-0.3, -0.25) is 4.79 Å². The number of benzene rings is 2. The minimum Gasteiger partial charge on any atom is -0.544 e. The van der Waals surface area contributed by atoms with Crippen molar-refractivity contribution in [2.75, 3.05) is 5.32 Å². The lowest BCUT2D eigenvalue weighted by Gasteiger charge is -2.18. The summed E-state index contributed by atoms with van der Waals surface area (Å²) in [6.07, 6.45) is 1.53. The second-order valence-electron chi connectivity index (χ2n) is 7.29. The molecule has 27 heavy (non-hydrogen) atoms. The first-order chi connectivity index (χ1) is 12.8. The summed E-state index contributed by atoms with van der Waals surface area (Å²) in [5, 5.41) is 14.3. The molecular formula is C22H20NO4-. The standard InChI is InChI=1S/C22H21NO4/c1-22(2,3)15-11-9-14(10-12-15)13-17-19(24)18(21(25)26)20(27-17)23-16-7-5-4-6-8-16/h4-13,23H,1-3H3,(H,25,26)/p-1/b17-13-. The van der Waals surface area contributed by atoms with Crippen LogP contribution in [0.3, 0.4) is 0 Å². The third kappa shape index (κ3) is 4.08. The van der Waals surface area contributed by atoms with Crippen LogP contribution >= 0.6 is 0 Å². The van der Waals surface area contributed by atoms with Crippen LogP contribution in [0.1, 0.15) is 31.9 Å². The van der Waals surface area contributed by atoms with Crippen molar-refractivity contribution >= 4 is 23.5 Å². The summed E-state index contributed by atoms with van der Waals surface area (Å²) in [4.78, 5) is 23.9. The van der Waals surface area contributed by atoms with Crippen LogP contribution < -0.4 is 10.4 Å². The summed E-state index contributed by atoms with van der Waals surface area (Å²) in [7, 11) is 0. The minimum absolute atomic E-state index is 0.0157. The van der Waals surface area contributed by atoms with E-state index in [-0.39, 0.29) is 17.1 Å². The molecule has 2 aromatic rings. The SMILES string of the molecule is CC(C)(C)c1ccc(/C=C2\OC(Nc3ccccc3)=C(C(=O)[O-])C2=O)cc1. The van der Waals surface area contributed by atoms with E-state index in [0.29, 0.717) is 5.69 Å². The highest BCUT2D eigenvalue weighted by Gasteiger charge is 2.31. The van der Waals surface area contributed by atoms with Crippen molar-refractivity contribution < 1.29 is 19.4 Å². The second-order valence-corrected chi connectivity index (χ2v) is 7.29. The van der Waals surface area contributed by atoms with Crippen molar-refractivity contribution in [1.29, 1.82) is 0 Å². The summed E-state index contributed by atoms with van der Waals surface area (Å²) < 4.78 is 5.51. The van der Waals surface area contributed by atoms with Gasteiger partial charge in [0.05, 0.1) is 5.97 Å². The molecule has 0 saturated heterocycles. The number of anilines is 1. The molecule has 0 saturated carbocycles. The number of allylic oxidation sites excluding steroid dienone is 1. The number of carboxylic acids is 1. The van der Waals surface area contributed by atoms with E-state index >= 15 is 0 Å². The highest BCUT2D eigenvalue weighted by molar-refractivity contribution is 6.25. The van der Waals surface area contributed by atoms with Gasteiger partial charge in [0, 0.05) is 5.69 Å². The first kappa shape index (κ1) is 18.5. The Morgan fingerprint density at radius 3 is 2.22 bits per heavy atom. The third-order valence-electron chi connectivity index (χ3n) is 4.20. The molecule has 0 fully saturated rings. The molecule has 2 aromatic carbocycles. The maximum atomic E-state index is 12.5. The molecule has 0 unspecified atom stereocenters. The van der Waals surface area contributed by atoms with E-state index < -0.39 is 17.3 Å². The molecule has 5 nitrogen and oxygen atoms in total. The number of carbonyl (C=O) groups is 2. The van der Waals surface area contributed by atoms with E-state index in [1.807, 2.05) is 30.3 Å². The van der Waals surface area contributed by atoms with E-state index in [4.69, 9.17) is 4.74 Å². The van der Waals surface area contributed by atoms with Crippen LogP contribution in [0.2, 0.25) is 0 Å². The number of Topliss-reactive ketones (excluding diaryl/α,β-unsaturated/α-hetero) is 1. The van der Waals surface area contributed by atoms with Crippen LogP contribution in [0.15, 0.2) is 71.8 Å². The number of carboxylic acid groups (broad SMARTS) is 1. The first-order valence-corrected chi connectivity index (χ1v) is 8.58. The fourth-order valence-electron chi connectivity index (χ4n) is 2.69. The van der Waals surface area contributed by atoms with Crippen molar-refractivity contribution in [2.45, 2.75) is 26.2 Å². The molecule has 1 N–H and O–H groups in total. The number of rotatable bonds is 4. The Balaban J connectivity index is 1.87. The lowest BCUT2D eigenvalue weighted by atomic mass is 9.86. The Morgan fingerprint density at radius 2 is 1.67 bits per heavy atom. The second kappa shape index (κ2) is 7.11. The summed E-state index contributed by atoms with van der Waals surface area (Å²) in [6.45, 7) is 6.34. The Labute approximate surface area is 158 Å². The molecule has 0 bridgehead atoms. The molecule has 0 aliphatic carbocycles. The predicted octanol–water partition coefficient (Wildman–Crippen LogP) is 3.00. The predicted molar refractivity (Wildman–Crippen MR) is 101 cm³/mol. The van der Waals surface area contributed by atoms with Crippen molar-refractivity contribution in [2.24, 2.45) is 0 Å². The normalized spacial score (nSPS) is 15.8. The number of nitrogens with one attached hydrogen (secondary N) is 1. The molecule has 0 radical (unpaired) electrons. The summed E-state index contributed by atoms with van der Waals surface area (Å²) in [5.41, 5.74) is 2.00. The highest BCUT2D eigenvalue weighted by atomic mass is 16.5. The lowest BCUT2D eigenvalue weighted by Crippen LogP contribution is -2.28. The topological polar surface area (TPSA) is 78.5 Å². The number of aliphatic carboxylic acids is 1. The van der Waals surface area contributed by atoms with Gasteiger partial charge >= 0.3 is 0 Å². The summed E-state index contributed by atoms with van der Waals surface area (Å²) >= 11 is 0. The Hall–Kier alpha value is -3.34. The van der Waals surface area contributed by atoms with Gasteiger partial charge in [0.15, 0.2) is 5.76 Å². The van der Waals surface area contributed by atoms with Crippen molar-refractivity contribution in [3.05, 3.63) is 82.9 Å². The highest BCUT2D eigenvalue weighted by Crippen LogP contribution is 2.28. The monoisotopic (exact) mass is 362 g/mol. The first-order valence-electron chi connectivity index (χ1n) is 8.58. The Bertz CT molecular complexity index is 933. The molecule has 5 heteroatoms. The van der Waals surface area contributed by atoms with Gasteiger partial charge in [0.2, 0.25) is 11.7 Å². The Kier molecular flexibility index (Phi) is 4.86. The summed E-state index contributed by atoms with van der Waals surface area (Å²) in [6, 6.07) is 16.5. The van der Waals surface area contributed by atoms with E-state index in [1.54, 1.807) is 24.3 Å². The number of carbonyl (C=O) groups excluding carboxylic acids is 2. The number of hydrogen-bond donors (Lipinski definition) is 1. The molecule has 3 rings (SSSR count). The van der Waals surface area contributed by atoms with Crippen molar-refractivity contribution in [3.63, 3.8) is 0 Å². The number of hydrogen-bond acceptors (Lipinski definition) is 5. The molecular weight excluding hydrogens is 342 g/mol. The molecule has 1 heterocycles. The summed E-state index contributed by atoms with van der Waals surface area (Å²) in [5.74, 6) is -2.49. The molecule has 1 aliphatic heterocycles. The smallest absolute Gasteiger partial charge is 0.235 e. The molecule has 0 aromatic heterocycles. The molecule has 0 atom stereocenters. The fraction of sp³-hybridized carbons (Fsp3) is 0.182. The quantitative estimate of drug-likeness (QED) is 0.668. The van der Waals surface area contributed by atoms with Crippen molar-refractivity contribution in [3.8, 4) is 0 Å². The van der Waals surface area contributed by atoms with Gasteiger partial charge in [-0.25, -0.2) is 0 Å². The van der Waals surface area contributed by atoms with Crippen LogP contribution in [0.5, 0.6) is 0 Å². The number of ketones is 1. The molecule has 1 aliphatic rings. The van der Waals surface area contributed by atoms with E-state index in [9.17, 15) is 14.7 Å². The van der Waals surface area contributed by atoms with Gasteiger partial charge in [0.1, 0.15) is 5.57 Å². The van der Waals surface area contributed by atoms with Crippen LogP contribution in [-0.2, 0) is 19.7 Å². The average Bonchev–Trinajstić information content (AvgIpc) is 2.91. The maximum Gasteiger partial charge on any atom is 0.235 e. The Morgan fingerprint density at radius 1 is 1.04 bits per heavy atom. The molecule has 138 valence electrons. The van der Waals surface area contributed by atoms with E-state index in [0.717, 1.165) is 11.1 Å². The van der Waals surface area contributed by atoms with E-state index in [1.165, 1.54) is 6.08 Å². The van der Waals surface area contributed by atoms with Gasteiger partial charge in [-0.05, 0) is 34.8 Å². The van der Waals surface area contributed by atoms with Crippen LogP contribution in [0.4, 0.5) is 5.69 Å². The largest absolute Gasteiger partial charge is 0.544 e. The van der Waals surface area contributed by atoms with Gasteiger partial charge < -0.3 is 20.0 Å². The zero-order chi connectivity index (χ0) is 19.6. The molecule has 0 amide bonds. The number of ether oxygens (including phenoxy) is 1. The van der Waals surface area contributed by atoms with Gasteiger partial charge in [-0.15, -0.1) is 0 Å². The van der Waals surface area contributed by atoms with Crippen LogP contribution in [-0.4, -0.2) is 11.8 Å². The number of para-hydroxylation sites is 1. The zero-order valence-electron chi connectivity index (χ0n) is 15.4. The minimum atomic E-state index is -1.58. The van der Waals surface area contributed by atoms with Gasteiger partial charge in [-0.1, -0.05) is 63.2 Å². The third-order valence-corrected chi connectivity index (χ3v) is 4.20. The van der Waals surface area contributed by atoms with Crippen LogP contribution in [0, 0.1) is 0 Å². The van der Waals surface area contributed by atoms with E-state index in [2.05, 4.69) is 26.1 Å². The lowest BCUT2D eigenvalue weighted by molar-refractivity contribution is -0.298. The van der Waals surface area contributed by atoms with Gasteiger partial charge in [0.25, 0.3) is 0 Å². The van der Waals surface area contributed by atoms with Crippen molar-refractivity contribution in [1.82, 2.24) is 0 Å².